The van der Waals surface area contributed by atoms with E-state index in [1.807, 2.05) is 74.5 Å². The van der Waals surface area contributed by atoms with Gasteiger partial charge in [-0.15, -0.1) is 0 Å². The predicted octanol–water partition coefficient (Wildman–Crippen LogP) is 8.39. The Labute approximate surface area is 235 Å². The minimum Gasteiger partial charge on any atom is -0.236 e. The van der Waals surface area contributed by atoms with Gasteiger partial charge in [0, 0.05) is 16.3 Å². The molecule has 2 heterocycles. The summed E-state index contributed by atoms with van der Waals surface area (Å²) in [7, 11) is 0.867. The van der Waals surface area contributed by atoms with Gasteiger partial charge in [-0.25, -0.2) is 9.97 Å². The van der Waals surface area contributed by atoms with Crippen LogP contribution in [0.15, 0.2) is 109 Å². The van der Waals surface area contributed by atoms with Gasteiger partial charge in [0.2, 0.25) is 0 Å². The molecule has 4 aromatic carbocycles. The van der Waals surface area contributed by atoms with E-state index in [1.54, 1.807) is 6.07 Å². The van der Waals surface area contributed by atoms with E-state index in [0.29, 0.717) is 5.15 Å². The number of halogens is 1. The van der Waals surface area contributed by atoms with Crippen LogP contribution in [0, 0.1) is 27.7 Å². The molecule has 5 heteroatoms. The zero-order valence-electron chi connectivity index (χ0n) is 22.7. The first kappa shape index (κ1) is 27.9. The number of rotatable bonds is 2. The van der Waals surface area contributed by atoms with Crippen LogP contribution in [-0.4, -0.2) is 17.1 Å². The maximum Gasteiger partial charge on any atom is 0.129 e. The van der Waals surface area contributed by atoms with Gasteiger partial charge in [-0.2, -0.15) is 0 Å². The molecule has 0 atom stereocenters. The molecular formula is C34H30BClN2O. The molecule has 6 aromatic rings. The Kier molecular flexibility index (Phi) is 9.35. The maximum absolute atomic E-state index is 10.3. The smallest absolute Gasteiger partial charge is 0.129 e. The molecule has 0 aliphatic heterocycles. The van der Waals surface area contributed by atoms with Crippen LogP contribution in [0.5, 0.6) is 0 Å². The van der Waals surface area contributed by atoms with Gasteiger partial charge >= 0.3 is 60.5 Å². The molecule has 0 fully saturated rings. The van der Waals surface area contributed by atoms with Crippen molar-refractivity contribution >= 4 is 46.0 Å². The zero-order chi connectivity index (χ0) is 27.8. The summed E-state index contributed by atoms with van der Waals surface area (Å²) in [5.41, 5.74) is 9.99. The summed E-state index contributed by atoms with van der Waals surface area (Å²) in [4.78, 5) is 8.86. The third kappa shape index (κ3) is 7.46. The Morgan fingerprint density at radius 1 is 0.564 bits per heavy atom. The first-order chi connectivity index (χ1) is 18.8. The number of para-hydroxylation sites is 2. The van der Waals surface area contributed by atoms with E-state index in [4.69, 9.17) is 16.6 Å². The van der Waals surface area contributed by atoms with E-state index in [1.165, 1.54) is 33.2 Å². The Morgan fingerprint density at radius 2 is 1.13 bits per heavy atom. The monoisotopic (exact) mass is 528 g/mol. The second kappa shape index (κ2) is 13.1. The van der Waals surface area contributed by atoms with E-state index in [2.05, 4.69) is 61.3 Å². The third-order valence-electron chi connectivity index (χ3n) is 6.63. The number of hydrogen-bond donors (Lipinski definition) is 0. The summed E-state index contributed by atoms with van der Waals surface area (Å²) in [5.74, 6) is 0. The minimum atomic E-state index is 0.545. The fraction of sp³-hybridized carbons (Fsp3) is 0.118. The number of benzene rings is 4. The molecular weight excluding hydrogens is 499 g/mol. The average Bonchev–Trinajstić information content (AvgIpc) is 2.96. The summed E-state index contributed by atoms with van der Waals surface area (Å²) in [6, 6.07) is 36.3. The van der Waals surface area contributed by atoms with Gasteiger partial charge in [-0.1, -0.05) is 66.2 Å². The predicted molar refractivity (Wildman–Crippen MR) is 165 cm³/mol. The molecule has 0 aliphatic rings. The summed E-state index contributed by atoms with van der Waals surface area (Å²) >= 11 is 5.71. The Hall–Kier alpha value is -4.15. The summed E-state index contributed by atoms with van der Waals surface area (Å²) in [6.07, 6.45) is 0. The van der Waals surface area contributed by atoms with Gasteiger partial charge in [0.1, 0.15) is 5.15 Å². The molecule has 6 rings (SSSR count). The number of pyridine rings is 2. The van der Waals surface area contributed by atoms with Gasteiger partial charge in [-0.3, -0.25) is 0 Å². The number of nitrogens with zero attached hydrogens (tertiary/aromatic N) is 2. The third-order valence-corrected chi connectivity index (χ3v) is 6.84. The fourth-order valence-electron chi connectivity index (χ4n) is 4.01. The quantitative estimate of drug-likeness (QED) is 0.167. The molecule has 192 valence electrons. The molecule has 0 N–H and O–H groups in total. The molecule has 0 aliphatic carbocycles. The van der Waals surface area contributed by atoms with Crippen molar-refractivity contribution in [3.63, 3.8) is 0 Å². The van der Waals surface area contributed by atoms with Crippen LogP contribution in [0.2, 0.25) is 5.15 Å². The standard InChI is InChI=1S/C17H15N.C9H6ClN.C8H9BO/c1-12-7-8-15(11-13(12)2)17-10-9-14-5-3-4-6-16(14)18-17;10-9-6-5-7-3-1-2-4-8(7)11-9;1-6-3-4-8(9-10)5-7(6)2/h3-11H,1-2H3;1-6H;3-5H,1-2H3. The molecule has 3 nitrogen and oxygen atoms in total. The van der Waals surface area contributed by atoms with Crippen LogP contribution in [0.25, 0.3) is 33.1 Å². The summed E-state index contributed by atoms with van der Waals surface area (Å²) in [5, 5.41) is 2.85. The molecule has 0 spiro atoms. The molecule has 0 bridgehead atoms. The second-order valence-corrected chi connectivity index (χ2v) is 9.86. The van der Waals surface area contributed by atoms with Crippen LogP contribution in [-0.2, 0) is 4.70 Å². The number of hydrogen-bond acceptors (Lipinski definition) is 3. The van der Waals surface area contributed by atoms with Crippen molar-refractivity contribution in [2.45, 2.75) is 27.7 Å². The number of aryl methyl sites for hydroxylation is 4. The van der Waals surface area contributed by atoms with Crippen molar-refractivity contribution in [3.8, 4) is 11.3 Å². The Morgan fingerprint density at radius 3 is 1.74 bits per heavy atom. The normalized spacial score (nSPS) is 10.2. The van der Waals surface area contributed by atoms with Crippen molar-refractivity contribution in [2.75, 3.05) is 0 Å². The van der Waals surface area contributed by atoms with Gasteiger partial charge in [0.15, 0.2) is 0 Å². The van der Waals surface area contributed by atoms with Crippen molar-refractivity contribution in [2.24, 2.45) is 0 Å². The van der Waals surface area contributed by atoms with Crippen LogP contribution >= 0.6 is 11.6 Å². The maximum atomic E-state index is 10.3. The van der Waals surface area contributed by atoms with Crippen molar-refractivity contribution < 1.29 is 4.70 Å². The van der Waals surface area contributed by atoms with Crippen LogP contribution in [0.3, 0.4) is 0 Å². The SMILES string of the molecule is Cc1ccc(-c2ccc3ccccc3n2)cc1C.Cc1ccc(B=O)cc1C.Clc1ccc2ccccc2n1. The summed E-state index contributed by atoms with van der Waals surface area (Å²) < 4.78 is 10.3. The van der Waals surface area contributed by atoms with E-state index in [-0.39, 0.29) is 0 Å². The number of aromatic nitrogens is 2. The van der Waals surface area contributed by atoms with Gasteiger partial charge < -0.3 is 0 Å². The van der Waals surface area contributed by atoms with Crippen LogP contribution in [0.1, 0.15) is 22.3 Å². The molecule has 39 heavy (non-hydrogen) atoms. The van der Waals surface area contributed by atoms with Crippen LogP contribution in [0.4, 0.5) is 0 Å². The Balaban J connectivity index is 0.000000145. The van der Waals surface area contributed by atoms with E-state index >= 15 is 0 Å². The average molecular weight is 529 g/mol. The van der Waals surface area contributed by atoms with Crippen molar-refractivity contribution in [1.82, 2.24) is 9.97 Å². The first-order valence-corrected chi connectivity index (χ1v) is 13.2. The van der Waals surface area contributed by atoms with Gasteiger partial charge in [0.25, 0.3) is 0 Å². The second-order valence-electron chi connectivity index (χ2n) is 9.48. The number of fused-ring (bicyclic) bond motifs is 2. The molecule has 0 radical (unpaired) electrons. The fourth-order valence-corrected chi connectivity index (χ4v) is 4.16. The van der Waals surface area contributed by atoms with Crippen molar-refractivity contribution in [1.29, 1.82) is 0 Å². The van der Waals surface area contributed by atoms with E-state index in [0.717, 1.165) is 34.7 Å². The molecule has 2 aromatic heterocycles. The molecule has 0 unspecified atom stereocenters. The van der Waals surface area contributed by atoms with Crippen LogP contribution < -0.4 is 5.46 Å². The first-order valence-electron chi connectivity index (χ1n) is 12.8. The summed E-state index contributed by atoms with van der Waals surface area (Å²) in [6.45, 7) is 8.30. The largest absolute Gasteiger partial charge is 0.236 e. The molecule has 0 saturated heterocycles. The Bertz CT molecular complexity index is 1750. The van der Waals surface area contributed by atoms with E-state index in [9.17, 15) is 4.70 Å². The zero-order valence-corrected chi connectivity index (χ0v) is 23.4. The van der Waals surface area contributed by atoms with E-state index < -0.39 is 0 Å². The molecule has 0 amide bonds. The van der Waals surface area contributed by atoms with Gasteiger partial charge in [0.05, 0.1) is 16.7 Å². The van der Waals surface area contributed by atoms with Crippen molar-refractivity contribution in [3.05, 3.63) is 137 Å². The molecule has 0 saturated carbocycles. The van der Waals surface area contributed by atoms with Gasteiger partial charge in [-0.05, 0) is 61.4 Å². The topological polar surface area (TPSA) is 42.9 Å². The minimum absolute atomic E-state index is 0.545.